The molecule has 1 nitrogen and oxygen atoms in total. The van der Waals surface area contributed by atoms with Crippen LogP contribution in [-0.4, -0.2) is 11.2 Å². The average molecular weight is 290 g/mol. The van der Waals surface area contributed by atoms with Crippen molar-refractivity contribution in [2.24, 2.45) is 22.7 Å². The summed E-state index contributed by atoms with van der Waals surface area (Å²) in [6, 6.07) is 0. The minimum absolute atomic E-state index is 0.0372. The fourth-order valence-corrected chi connectivity index (χ4v) is 5.06. The molecule has 0 unspecified atom stereocenters. The molecule has 2 saturated carbocycles. The van der Waals surface area contributed by atoms with E-state index in [-0.39, 0.29) is 11.5 Å². The first-order valence-corrected chi connectivity index (χ1v) is 8.74. The highest BCUT2D eigenvalue weighted by atomic mass is 16.3. The molecule has 120 valence electrons. The van der Waals surface area contributed by atoms with E-state index in [1.54, 1.807) is 0 Å². The third-order valence-electron chi connectivity index (χ3n) is 6.81. The van der Waals surface area contributed by atoms with Gasteiger partial charge in [0, 0.05) is 0 Å². The lowest BCUT2D eigenvalue weighted by molar-refractivity contribution is -0.123. The van der Waals surface area contributed by atoms with Crippen LogP contribution in [0.4, 0.5) is 0 Å². The Bertz CT molecular complexity index is 431. The summed E-state index contributed by atoms with van der Waals surface area (Å²) >= 11 is 0. The number of fused-ring (bicyclic) bond motifs is 1. The number of aliphatic hydroxyl groups excluding tert-OH is 1. The molecule has 0 aliphatic heterocycles. The van der Waals surface area contributed by atoms with Gasteiger partial charge in [-0.15, -0.1) is 0 Å². The molecule has 2 aliphatic rings. The van der Waals surface area contributed by atoms with Gasteiger partial charge in [0.15, 0.2) is 0 Å². The summed E-state index contributed by atoms with van der Waals surface area (Å²) in [5.41, 5.74) is 3.28. The van der Waals surface area contributed by atoms with Crippen LogP contribution in [0.25, 0.3) is 0 Å². The van der Waals surface area contributed by atoms with E-state index >= 15 is 0 Å². The van der Waals surface area contributed by atoms with Crippen LogP contribution >= 0.6 is 0 Å². The van der Waals surface area contributed by atoms with Gasteiger partial charge in [-0.25, -0.2) is 0 Å². The molecular formula is C20H34O. The van der Waals surface area contributed by atoms with Gasteiger partial charge < -0.3 is 5.11 Å². The van der Waals surface area contributed by atoms with Crippen molar-refractivity contribution in [3.05, 3.63) is 23.8 Å². The van der Waals surface area contributed by atoms with E-state index in [0.29, 0.717) is 17.3 Å². The van der Waals surface area contributed by atoms with Gasteiger partial charge in [0.25, 0.3) is 0 Å². The fraction of sp³-hybridized carbons (Fsp3) is 0.800. The highest BCUT2D eigenvalue weighted by Crippen LogP contribution is 2.61. The van der Waals surface area contributed by atoms with Crippen molar-refractivity contribution in [2.45, 2.75) is 79.2 Å². The molecule has 4 atom stereocenters. The summed E-state index contributed by atoms with van der Waals surface area (Å²) in [6.45, 7) is 15.9. The smallest absolute Gasteiger partial charge is 0.0594 e. The molecule has 2 fully saturated rings. The molecule has 21 heavy (non-hydrogen) atoms. The predicted octanol–water partition coefficient (Wildman–Crippen LogP) is 5.50. The molecular weight excluding hydrogens is 256 g/mol. The number of aliphatic hydroxyl groups is 1. The SMILES string of the molecule is C=C1CC[C@@H]2C(C)(C)[C@H](O)CC[C@]2(C)[C@H]1C/C=C(\C)CC. The standard InChI is InChI=1S/C20H34O/c1-7-14(2)8-10-16-15(3)9-11-17-19(4,5)18(21)12-13-20(16,17)6/h8,16-18,21H,3,7,9-13H2,1-2,4-6H3/b14-8+/t16-,17+,18+,20+/m0/s1. The maximum Gasteiger partial charge on any atom is 0.0594 e. The van der Waals surface area contributed by atoms with Crippen molar-refractivity contribution in [3.63, 3.8) is 0 Å². The topological polar surface area (TPSA) is 20.2 Å². The van der Waals surface area contributed by atoms with Crippen LogP contribution in [0.3, 0.4) is 0 Å². The molecule has 1 N–H and O–H groups in total. The maximum absolute atomic E-state index is 10.5. The Balaban J connectivity index is 2.30. The van der Waals surface area contributed by atoms with E-state index in [9.17, 15) is 5.11 Å². The van der Waals surface area contributed by atoms with Crippen LogP contribution < -0.4 is 0 Å². The monoisotopic (exact) mass is 290 g/mol. The van der Waals surface area contributed by atoms with Crippen LogP contribution in [-0.2, 0) is 0 Å². The maximum atomic E-state index is 10.5. The summed E-state index contributed by atoms with van der Waals surface area (Å²) in [5, 5.41) is 10.5. The van der Waals surface area contributed by atoms with Crippen molar-refractivity contribution >= 4 is 0 Å². The highest BCUT2D eigenvalue weighted by molar-refractivity contribution is 5.18. The summed E-state index contributed by atoms with van der Waals surface area (Å²) < 4.78 is 0. The summed E-state index contributed by atoms with van der Waals surface area (Å²) in [6.07, 6.45) is 9.00. The van der Waals surface area contributed by atoms with Crippen molar-refractivity contribution in [3.8, 4) is 0 Å². The minimum Gasteiger partial charge on any atom is -0.393 e. The van der Waals surface area contributed by atoms with Gasteiger partial charge in [-0.2, -0.15) is 0 Å². The quantitative estimate of drug-likeness (QED) is 0.680. The number of hydrogen-bond donors (Lipinski definition) is 1. The molecule has 0 saturated heterocycles. The molecule has 0 aromatic heterocycles. The van der Waals surface area contributed by atoms with Crippen molar-refractivity contribution < 1.29 is 5.11 Å². The average Bonchev–Trinajstić information content (AvgIpc) is 2.42. The lowest BCUT2D eigenvalue weighted by atomic mass is 9.46. The fourth-order valence-electron chi connectivity index (χ4n) is 5.06. The second-order valence-electron chi connectivity index (χ2n) is 8.32. The Morgan fingerprint density at radius 2 is 2.00 bits per heavy atom. The van der Waals surface area contributed by atoms with Crippen LogP contribution in [0.15, 0.2) is 23.8 Å². The molecule has 0 aromatic rings. The van der Waals surface area contributed by atoms with Crippen molar-refractivity contribution in [1.82, 2.24) is 0 Å². The van der Waals surface area contributed by atoms with Gasteiger partial charge in [-0.1, -0.05) is 51.5 Å². The summed E-state index contributed by atoms with van der Waals surface area (Å²) in [5.74, 6) is 1.20. The largest absolute Gasteiger partial charge is 0.393 e. The van der Waals surface area contributed by atoms with Gasteiger partial charge in [-0.05, 0) is 68.1 Å². The Morgan fingerprint density at radius 1 is 1.33 bits per heavy atom. The normalized spacial score (nSPS) is 40.0. The lowest BCUT2D eigenvalue weighted by Crippen LogP contribution is -2.54. The lowest BCUT2D eigenvalue weighted by Gasteiger charge is -2.59. The molecule has 0 spiro atoms. The summed E-state index contributed by atoms with van der Waals surface area (Å²) in [4.78, 5) is 0. The van der Waals surface area contributed by atoms with Gasteiger partial charge in [0.2, 0.25) is 0 Å². The first-order valence-electron chi connectivity index (χ1n) is 8.74. The van der Waals surface area contributed by atoms with Crippen LogP contribution in [0, 0.1) is 22.7 Å². The van der Waals surface area contributed by atoms with E-state index in [4.69, 9.17) is 0 Å². The van der Waals surface area contributed by atoms with Gasteiger partial charge in [0.1, 0.15) is 0 Å². The Kier molecular flexibility index (Phi) is 4.73. The van der Waals surface area contributed by atoms with Crippen LogP contribution in [0.1, 0.15) is 73.1 Å². The first kappa shape index (κ1) is 16.8. The second kappa shape index (κ2) is 5.91. The summed E-state index contributed by atoms with van der Waals surface area (Å²) in [7, 11) is 0. The number of hydrogen-bond acceptors (Lipinski definition) is 1. The molecule has 1 heteroatoms. The zero-order chi connectivity index (χ0) is 15.8. The van der Waals surface area contributed by atoms with E-state index in [1.165, 1.54) is 17.6 Å². The van der Waals surface area contributed by atoms with Gasteiger partial charge in [-0.3, -0.25) is 0 Å². The second-order valence-corrected chi connectivity index (χ2v) is 8.32. The number of rotatable bonds is 3. The Morgan fingerprint density at radius 3 is 2.62 bits per heavy atom. The van der Waals surface area contributed by atoms with Gasteiger partial charge >= 0.3 is 0 Å². The van der Waals surface area contributed by atoms with E-state index in [1.807, 2.05) is 0 Å². The van der Waals surface area contributed by atoms with E-state index < -0.39 is 0 Å². The third kappa shape index (κ3) is 2.86. The Hall–Kier alpha value is -0.560. The predicted molar refractivity (Wildman–Crippen MR) is 91.1 cm³/mol. The molecule has 0 bridgehead atoms. The number of allylic oxidation sites excluding steroid dienone is 3. The molecule has 0 aromatic carbocycles. The van der Waals surface area contributed by atoms with Gasteiger partial charge in [0.05, 0.1) is 6.10 Å². The molecule has 0 radical (unpaired) electrons. The third-order valence-corrected chi connectivity index (χ3v) is 6.81. The van der Waals surface area contributed by atoms with Crippen LogP contribution in [0.2, 0.25) is 0 Å². The highest BCUT2D eigenvalue weighted by Gasteiger charge is 2.55. The molecule has 2 aliphatic carbocycles. The minimum atomic E-state index is -0.143. The Labute approximate surface area is 131 Å². The van der Waals surface area contributed by atoms with Crippen molar-refractivity contribution in [1.29, 1.82) is 0 Å². The van der Waals surface area contributed by atoms with Crippen LogP contribution in [0.5, 0.6) is 0 Å². The zero-order valence-corrected chi connectivity index (χ0v) is 14.7. The zero-order valence-electron chi connectivity index (χ0n) is 14.7. The van der Waals surface area contributed by atoms with E-state index in [2.05, 4.69) is 47.3 Å². The molecule has 0 amide bonds. The molecule has 0 heterocycles. The van der Waals surface area contributed by atoms with E-state index in [0.717, 1.165) is 32.1 Å². The molecule has 2 rings (SSSR count). The first-order chi connectivity index (χ1) is 9.73. The van der Waals surface area contributed by atoms with Crippen molar-refractivity contribution in [2.75, 3.05) is 0 Å².